The highest BCUT2D eigenvalue weighted by Gasteiger charge is 2.37. The predicted octanol–water partition coefficient (Wildman–Crippen LogP) is 6.94. The molecule has 0 saturated carbocycles. The molecule has 0 saturated heterocycles. The Labute approximate surface area is 174 Å². The van der Waals surface area contributed by atoms with Crippen molar-refractivity contribution in [1.29, 1.82) is 0 Å². The standard InChI is InChI=1S/C25H21BrN2/c1-16-9-10-22-21-7-3-4-8-23(21)28(24(22)12-16)20-14-18(13-19(26)15-20)25-17(2)6-5-11-27-25/h3-15,22,24H,1-2H3. The molecule has 0 fully saturated rings. The molecule has 138 valence electrons. The van der Waals surface area contributed by atoms with E-state index in [9.17, 15) is 0 Å². The van der Waals surface area contributed by atoms with E-state index in [0.29, 0.717) is 12.0 Å². The Balaban J connectivity index is 1.69. The zero-order valence-electron chi connectivity index (χ0n) is 15.9. The van der Waals surface area contributed by atoms with E-state index in [0.717, 1.165) is 15.7 Å². The van der Waals surface area contributed by atoms with Crippen LogP contribution in [0.2, 0.25) is 0 Å². The van der Waals surface area contributed by atoms with Crippen molar-refractivity contribution in [3.8, 4) is 11.3 Å². The number of nitrogens with zero attached hydrogens (tertiary/aromatic N) is 2. The lowest BCUT2D eigenvalue weighted by Crippen LogP contribution is -2.29. The van der Waals surface area contributed by atoms with Crippen molar-refractivity contribution >= 4 is 27.3 Å². The van der Waals surface area contributed by atoms with E-state index in [1.54, 1.807) is 0 Å². The van der Waals surface area contributed by atoms with Gasteiger partial charge in [-0.3, -0.25) is 4.98 Å². The van der Waals surface area contributed by atoms with E-state index in [-0.39, 0.29) is 0 Å². The van der Waals surface area contributed by atoms with E-state index < -0.39 is 0 Å². The van der Waals surface area contributed by atoms with Crippen LogP contribution in [0.15, 0.2) is 89.1 Å². The van der Waals surface area contributed by atoms with Gasteiger partial charge in [0.05, 0.1) is 11.7 Å². The van der Waals surface area contributed by atoms with Crippen molar-refractivity contribution in [3.05, 3.63) is 100 Å². The number of rotatable bonds is 2. The molecule has 3 aromatic rings. The van der Waals surface area contributed by atoms with Gasteiger partial charge in [-0.15, -0.1) is 0 Å². The Hall–Kier alpha value is -2.65. The van der Waals surface area contributed by atoms with Gasteiger partial charge in [0.25, 0.3) is 0 Å². The predicted molar refractivity (Wildman–Crippen MR) is 120 cm³/mol. The number of pyridine rings is 1. The minimum Gasteiger partial charge on any atom is -0.333 e. The first-order valence-electron chi connectivity index (χ1n) is 9.59. The number of fused-ring (bicyclic) bond motifs is 3. The van der Waals surface area contributed by atoms with Gasteiger partial charge < -0.3 is 4.90 Å². The molecular weight excluding hydrogens is 408 g/mol. The molecule has 0 N–H and O–H groups in total. The summed E-state index contributed by atoms with van der Waals surface area (Å²) in [5.41, 5.74) is 8.53. The molecule has 3 heteroatoms. The highest BCUT2D eigenvalue weighted by Crippen LogP contribution is 2.49. The molecule has 2 nitrogen and oxygen atoms in total. The maximum Gasteiger partial charge on any atom is 0.0732 e. The number of aromatic nitrogens is 1. The first-order valence-corrected chi connectivity index (χ1v) is 10.4. The average molecular weight is 429 g/mol. The van der Waals surface area contributed by atoms with Gasteiger partial charge >= 0.3 is 0 Å². The Morgan fingerprint density at radius 2 is 1.86 bits per heavy atom. The molecule has 2 heterocycles. The zero-order chi connectivity index (χ0) is 19.3. The van der Waals surface area contributed by atoms with Gasteiger partial charge in [0.15, 0.2) is 0 Å². The number of halogens is 1. The van der Waals surface area contributed by atoms with Crippen LogP contribution in [0.4, 0.5) is 11.4 Å². The van der Waals surface area contributed by atoms with Gasteiger partial charge in [-0.05, 0) is 55.3 Å². The van der Waals surface area contributed by atoms with Gasteiger partial charge in [-0.25, -0.2) is 0 Å². The fraction of sp³-hybridized carbons (Fsp3) is 0.160. The fourth-order valence-electron chi connectivity index (χ4n) is 4.42. The highest BCUT2D eigenvalue weighted by molar-refractivity contribution is 9.10. The number of para-hydroxylation sites is 1. The van der Waals surface area contributed by atoms with Crippen LogP contribution in [0.1, 0.15) is 24.0 Å². The Morgan fingerprint density at radius 1 is 1.00 bits per heavy atom. The van der Waals surface area contributed by atoms with E-state index in [4.69, 9.17) is 0 Å². The van der Waals surface area contributed by atoms with Crippen LogP contribution >= 0.6 is 15.9 Å². The van der Waals surface area contributed by atoms with Gasteiger partial charge in [-0.2, -0.15) is 0 Å². The van der Waals surface area contributed by atoms with Crippen molar-refractivity contribution in [1.82, 2.24) is 4.98 Å². The monoisotopic (exact) mass is 428 g/mol. The van der Waals surface area contributed by atoms with Crippen LogP contribution in [0.25, 0.3) is 11.3 Å². The summed E-state index contributed by atoms with van der Waals surface area (Å²) >= 11 is 3.74. The largest absolute Gasteiger partial charge is 0.333 e. The SMILES string of the molecule is CC1=CC2C(C=C1)c1ccccc1N2c1cc(Br)cc(-c2ncccc2C)c1. The van der Waals surface area contributed by atoms with Crippen molar-refractivity contribution in [3.63, 3.8) is 0 Å². The zero-order valence-corrected chi connectivity index (χ0v) is 17.5. The second kappa shape index (κ2) is 6.75. The van der Waals surface area contributed by atoms with E-state index in [1.165, 1.54) is 28.1 Å². The summed E-state index contributed by atoms with van der Waals surface area (Å²) in [5, 5.41) is 0. The van der Waals surface area contributed by atoms with Crippen LogP contribution in [0, 0.1) is 6.92 Å². The summed E-state index contributed by atoms with van der Waals surface area (Å²) in [6, 6.07) is 19.8. The molecule has 1 aliphatic heterocycles. The normalized spacial score (nSPS) is 20.0. The Bertz CT molecular complexity index is 1130. The van der Waals surface area contributed by atoms with Crippen LogP contribution in [0.3, 0.4) is 0 Å². The summed E-state index contributed by atoms with van der Waals surface area (Å²) < 4.78 is 1.07. The second-order valence-corrected chi connectivity index (χ2v) is 8.50. The third-order valence-electron chi connectivity index (χ3n) is 5.67. The summed E-state index contributed by atoms with van der Waals surface area (Å²) in [6.07, 6.45) is 8.84. The molecule has 2 aliphatic rings. The summed E-state index contributed by atoms with van der Waals surface area (Å²) in [6.45, 7) is 4.29. The average Bonchev–Trinajstić information content (AvgIpc) is 3.01. The van der Waals surface area contributed by atoms with Crippen molar-refractivity contribution in [2.24, 2.45) is 0 Å². The summed E-state index contributed by atoms with van der Waals surface area (Å²) in [7, 11) is 0. The molecule has 2 atom stereocenters. The van der Waals surface area contributed by atoms with Gasteiger partial charge in [0, 0.05) is 33.5 Å². The molecule has 2 unspecified atom stereocenters. The number of hydrogen-bond donors (Lipinski definition) is 0. The molecule has 1 aliphatic carbocycles. The van der Waals surface area contributed by atoms with Crippen LogP contribution < -0.4 is 4.90 Å². The third-order valence-corrected chi connectivity index (χ3v) is 6.12. The second-order valence-electron chi connectivity index (χ2n) is 7.58. The number of hydrogen-bond acceptors (Lipinski definition) is 2. The smallest absolute Gasteiger partial charge is 0.0732 e. The van der Waals surface area contributed by atoms with Crippen molar-refractivity contribution < 1.29 is 0 Å². The molecule has 5 rings (SSSR count). The Morgan fingerprint density at radius 3 is 2.71 bits per heavy atom. The molecule has 0 amide bonds. The topological polar surface area (TPSA) is 16.1 Å². The first kappa shape index (κ1) is 17.4. The van der Waals surface area contributed by atoms with Gasteiger partial charge in [0.2, 0.25) is 0 Å². The number of allylic oxidation sites excluding steroid dienone is 2. The van der Waals surface area contributed by atoms with Gasteiger partial charge in [0.1, 0.15) is 0 Å². The van der Waals surface area contributed by atoms with E-state index >= 15 is 0 Å². The number of anilines is 2. The molecule has 0 radical (unpaired) electrons. The highest BCUT2D eigenvalue weighted by atomic mass is 79.9. The van der Waals surface area contributed by atoms with Gasteiger partial charge in [-0.1, -0.05) is 64.0 Å². The van der Waals surface area contributed by atoms with Crippen LogP contribution in [-0.4, -0.2) is 11.0 Å². The molecule has 0 spiro atoms. The lowest BCUT2D eigenvalue weighted by atomic mass is 9.89. The molecule has 1 aromatic heterocycles. The molecule has 0 bridgehead atoms. The van der Waals surface area contributed by atoms with Crippen molar-refractivity contribution in [2.45, 2.75) is 25.8 Å². The first-order chi connectivity index (χ1) is 13.6. The maximum atomic E-state index is 4.63. The number of aryl methyl sites for hydroxylation is 1. The third kappa shape index (κ3) is 2.82. The fourth-order valence-corrected chi connectivity index (χ4v) is 4.90. The minimum atomic E-state index is 0.300. The summed E-state index contributed by atoms with van der Waals surface area (Å²) in [5.74, 6) is 0.388. The maximum absolute atomic E-state index is 4.63. The lowest BCUT2D eigenvalue weighted by molar-refractivity contribution is 0.738. The minimum absolute atomic E-state index is 0.300. The molecule has 2 aromatic carbocycles. The van der Waals surface area contributed by atoms with Crippen LogP contribution in [-0.2, 0) is 0 Å². The molecular formula is C25H21BrN2. The lowest BCUT2D eigenvalue weighted by Gasteiger charge is -2.30. The number of benzene rings is 2. The summed E-state index contributed by atoms with van der Waals surface area (Å²) in [4.78, 5) is 7.10. The van der Waals surface area contributed by atoms with Crippen LogP contribution in [0.5, 0.6) is 0 Å². The Kier molecular flexibility index (Phi) is 4.21. The quantitative estimate of drug-likeness (QED) is 0.439. The van der Waals surface area contributed by atoms with Crippen molar-refractivity contribution in [2.75, 3.05) is 4.90 Å². The van der Waals surface area contributed by atoms with E-state index in [1.807, 2.05) is 12.3 Å². The molecule has 28 heavy (non-hydrogen) atoms. The van der Waals surface area contributed by atoms with E-state index in [2.05, 4.69) is 106 Å².